The highest BCUT2D eigenvalue weighted by Crippen LogP contribution is 2.24. The summed E-state index contributed by atoms with van der Waals surface area (Å²) in [4.78, 5) is 4.24. The molecule has 2 aromatic rings. The number of hydrogen-bond acceptors (Lipinski definition) is 3. The van der Waals surface area contributed by atoms with Crippen LogP contribution in [0.3, 0.4) is 0 Å². The van der Waals surface area contributed by atoms with Crippen LogP contribution in [0.4, 0.5) is 14.5 Å². The summed E-state index contributed by atoms with van der Waals surface area (Å²) in [5.74, 6) is 1.08. The number of imidazole rings is 1. The number of benzene rings is 1. The summed E-state index contributed by atoms with van der Waals surface area (Å²) in [5.41, 5.74) is 1.39. The molecule has 0 amide bonds. The Bertz CT molecular complexity index is 569. The van der Waals surface area contributed by atoms with Crippen LogP contribution in [0, 0.1) is 6.92 Å². The van der Waals surface area contributed by atoms with Crippen molar-refractivity contribution < 1.29 is 13.5 Å². The predicted octanol–water partition coefficient (Wildman–Crippen LogP) is 3.42. The highest BCUT2D eigenvalue weighted by Gasteiger charge is 2.08. The third kappa shape index (κ3) is 3.46. The highest BCUT2D eigenvalue weighted by atomic mass is 19.3. The zero-order valence-corrected chi connectivity index (χ0v) is 11.4. The molecule has 6 heteroatoms. The van der Waals surface area contributed by atoms with Gasteiger partial charge in [0.2, 0.25) is 0 Å². The van der Waals surface area contributed by atoms with Crippen molar-refractivity contribution in [3.63, 3.8) is 0 Å². The van der Waals surface area contributed by atoms with E-state index in [4.69, 9.17) is 0 Å². The molecule has 0 fully saturated rings. The van der Waals surface area contributed by atoms with E-state index >= 15 is 0 Å². The third-order valence-corrected chi connectivity index (χ3v) is 3.00. The van der Waals surface area contributed by atoms with Gasteiger partial charge in [-0.25, -0.2) is 4.98 Å². The first-order valence-corrected chi connectivity index (χ1v) is 6.39. The van der Waals surface area contributed by atoms with Gasteiger partial charge in [0.1, 0.15) is 11.6 Å². The topological polar surface area (TPSA) is 39.1 Å². The van der Waals surface area contributed by atoms with E-state index in [9.17, 15) is 8.78 Å². The van der Waals surface area contributed by atoms with Crippen LogP contribution in [-0.4, -0.2) is 16.2 Å². The van der Waals surface area contributed by atoms with Gasteiger partial charge in [0.05, 0.1) is 6.54 Å². The van der Waals surface area contributed by atoms with Crippen LogP contribution in [0.5, 0.6) is 5.75 Å². The van der Waals surface area contributed by atoms with Crippen LogP contribution in [0.15, 0.2) is 30.6 Å². The molecule has 1 aromatic heterocycles. The Balaban J connectivity index is 2.06. The summed E-state index contributed by atoms with van der Waals surface area (Å²) in [5, 5.41) is 3.15. The van der Waals surface area contributed by atoms with E-state index in [1.807, 2.05) is 23.8 Å². The molecule has 20 heavy (non-hydrogen) atoms. The molecule has 1 aromatic carbocycles. The van der Waals surface area contributed by atoms with E-state index in [0.717, 1.165) is 18.1 Å². The number of halogens is 2. The van der Waals surface area contributed by atoms with E-state index in [1.54, 1.807) is 25.3 Å². The van der Waals surface area contributed by atoms with Crippen LogP contribution in [-0.2, 0) is 13.1 Å². The average Bonchev–Trinajstić information content (AvgIpc) is 2.86. The second-order valence-corrected chi connectivity index (χ2v) is 4.34. The minimum atomic E-state index is -2.82. The largest absolute Gasteiger partial charge is 0.434 e. The van der Waals surface area contributed by atoms with Crippen molar-refractivity contribution in [3.8, 4) is 5.75 Å². The Morgan fingerprint density at radius 1 is 1.40 bits per heavy atom. The van der Waals surface area contributed by atoms with E-state index in [2.05, 4.69) is 15.0 Å². The van der Waals surface area contributed by atoms with E-state index in [1.165, 1.54) is 0 Å². The number of ether oxygens (including phenoxy) is 1. The Hall–Kier alpha value is -2.11. The van der Waals surface area contributed by atoms with Crippen LogP contribution >= 0.6 is 0 Å². The molecule has 0 unspecified atom stereocenters. The standard InChI is InChI=1S/C14H17F2N3O/c1-3-19-7-6-17-13(19)9-18-11-5-4-10(2)12(8-11)20-14(15)16/h4-8,14,18H,3,9H2,1-2H3. The normalized spacial score (nSPS) is 10.8. The number of aryl methyl sites for hydroxylation is 2. The van der Waals surface area contributed by atoms with Gasteiger partial charge in [-0.1, -0.05) is 6.07 Å². The van der Waals surface area contributed by atoms with Crippen LogP contribution in [0.25, 0.3) is 0 Å². The lowest BCUT2D eigenvalue weighted by Gasteiger charge is -2.12. The second-order valence-electron chi connectivity index (χ2n) is 4.34. The van der Waals surface area contributed by atoms with Crippen molar-refractivity contribution in [2.75, 3.05) is 5.32 Å². The first-order valence-electron chi connectivity index (χ1n) is 6.39. The number of nitrogens with zero attached hydrogens (tertiary/aromatic N) is 2. The van der Waals surface area contributed by atoms with E-state index < -0.39 is 6.61 Å². The van der Waals surface area contributed by atoms with Crippen molar-refractivity contribution in [1.29, 1.82) is 0 Å². The number of aromatic nitrogens is 2. The molecule has 1 N–H and O–H groups in total. The molecule has 0 saturated carbocycles. The van der Waals surface area contributed by atoms with Crippen LogP contribution < -0.4 is 10.1 Å². The van der Waals surface area contributed by atoms with Gasteiger partial charge < -0.3 is 14.6 Å². The van der Waals surface area contributed by atoms with Gasteiger partial charge in [-0.05, 0) is 25.5 Å². The smallest absolute Gasteiger partial charge is 0.387 e. The van der Waals surface area contributed by atoms with Crippen LogP contribution in [0.2, 0.25) is 0 Å². The van der Waals surface area contributed by atoms with Gasteiger partial charge in [0.25, 0.3) is 0 Å². The lowest BCUT2D eigenvalue weighted by Crippen LogP contribution is -2.08. The fourth-order valence-corrected chi connectivity index (χ4v) is 1.91. The number of alkyl halides is 2. The molecule has 4 nitrogen and oxygen atoms in total. The summed E-state index contributed by atoms with van der Waals surface area (Å²) in [6, 6.07) is 5.14. The molecule has 1 heterocycles. The van der Waals surface area contributed by atoms with Crippen molar-refractivity contribution in [3.05, 3.63) is 42.0 Å². The number of rotatable bonds is 6. The van der Waals surface area contributed by atoms with Crippen molar-refractivity contribution in [1.82, 2.24) is 9.55 Å². The summed E-state index contributed by atoms with van der Waals surface area (Å²) < 4.78 is 31.1. The SMILES string of the molecule is CCn1ccnc1CNc1ccc(C)c(OC(F)F)c1. The lowest BCUT2D eigenvalue weighted by molar-refractivity contribution is -0.0502. The van der Waals surface area contributed by atoms with Crippen LogP contribution in [0.1, 0.15) is 18.3 Å². The minimum Gasteiger partial charge on any atom is -0.434 e. The van der Waals surface area contributed by atoms with Gasteiger partial charge >= 0.3 is 6.61 Å². The second kappa shape index (κ2) is 6.36. The summed E-state index contributed by atoms with van der Waals surface area (Å²) >= 11 is 0. The molecule has 0 aliphatic carbocycles. The Kier molecular flexibility index (Phi) is 4.55. The van der Waals surface area contributed by atoms with E-state index in [0.29, 0.717) is 12.1 Å². The number of hydrogen-bond donors (Lipinski definition) is 1. The van der Waals surface area contributed by atoms with Crippen molar-refractivity contribution in [2.24, 2.45) is 0 Å². The van der Waals surface area contributed by atoms with Crippen molar-refractivity contribution >= 4 is 5.69 Å². The summed E-state index contributed by atoms with van der Waals surface area (Å²) in [6.07, 6.45) is 3.64. The molecule has 0 atom stereocenters. The monoisotopic (exact) mass is 281 g/mol. The lowest BCUT2D eigenvalue weighted by atomic mass is 10.2. The van der Waals surface area contributed by atoms with E-state index in [-0.39, 0.29) is 5.75 Å². The zero-order valence-electron chi connectivity index (χ0n) is 11.4. The zero-order chi connectivity index (χ0) is 14.5. The molecular formula is C14H17F2N3O. The van der Waals surface area contributed by atoms with Gasteiger partial charge in [0, 0.05) is 30.7 Å². The Morgan fingerprint density at radius 2 is 2.20 bits per heavy atom. The first kappa shape index (κ1) is 14.3. The molecule has 0 aliphatic rings. The molecule has 0 bridgehead atoms. The van der Waals surface area contributed by atoms with Crippen molar-refractivity contribution in [2.45, 2.75) is 33.5 Å². The molecule has 0 saturated heterocycles. The summed E-state index contributed by atoms with van der Waals surface area (Å²) in [7, 11) is 0. The molecular weight excluding hydrogens is 264 g/mol. The molecule has 0 aliphatic heterocycles. The predicted molar refractivity (Wildman–Crippen MR) is 73.0 cm³/mol. The summed E-state index contributed by atoms with van der Waals surface area (Å²) in [6.45, 7) is 2.31. The maximum atomic E-state index is 12.3. The molecule has 0 spiro atoms. The third-order valence-electron chi connectivity index (χ3n) is 3.00. The fraction of sp³-hybridized carbons (Fsp3) is 0.357. The number of anilines is 1. The fourth-order valence-electron chi connectivity index (χ4n) is 1.91. The minimum absolute atomic E-state index is 0.184. The van der Waals surface area contributed by atoms with Gasteiger partial charge in [0.15, 0.2) is 0 Å². The average molecular weight is 281 g/mol. The molecule has 2 rings (SSSR count). The quantitative estimate of drug-likeness (QED) is 0.881. The van der Waals surface area contributed by atoms with Gasteiger partial charge in [-0.15, -0.1) is 0 Å². The van der Waals surface area contributed by atoms with Gasteiger partial charge in [-0.3, -0.25) is 0 Å². The highest BCUT2D eigenvalue weighted by molar-refractivity contribution is 5.51. The molecule has 0 radical (unpaired) electrons. The van der Waals surface area contributed by atoms with Gasteiger partial charge in [-0.2, -0.15) is 8.78 Å². The molecule has 108 valence electrons. The maximum absolute atomic E-state index is 12.3. The number of nitrogens with one attached hydrogen (secondary N) is 1. The first-order chi connectivity index (χ1) is 9.60. The Labute approximate surface area is 116 Å². The Morgan fingerprint density at radius 3 is 2.90 bits per heavy atom. The maximum Gasteiger partial charge on any atom is 0.387 e.